The molecule has 1 aliphatic rings. The van der Waals surface area contributed by atoms with Crippen molar-refractivity contribution in [3.8, 4) is 5.75 Å². The van der Waals surface area contributed by atoms with Gasteiger partial charge in [-0.1, -0.05) is 31.2 Å². The van der Waals surface area contributed by atoms with E-state index in [1.54, 1.807) is 0 Å². The van der Waals surface area contributed by atoms with Crippen LogP contribution in [-0.4, -0.2) is 33.3 Å². The molecule has 30 heavy (non-hydrogen) atoms. The number of fused-ring (bicyclic) bond motifs is 1. The van der Waals surface area contributed by atoms with Crippen molar-refractivity contribution in [1.82, 2.24) is 14.3 Å². The quantitative estimate of drug-likeness (QED) is 0.577. The lowest BCUT2D eigenvalue weighted by Gasteiger charge is -2.32. The minimum Gasteiger partial charge on any atom is -0.485 e. The SMILES string of the molecule is CCCC(=O)N1CCC(c2c(C)nc3c(OCc4ccccc4C)cccn23)CC1. The number of benzene rings is 1. The van der Waals surface area contributed by atoms with Crippen molar-refractivity contribution in [1.29, 1.82) is 0 Å². The summed E-state index contributed by atoms with van der Waals surface area (Å²) in [5, 5.41) is 0. The predicted molar refractivity (Wildman–Crippen MR) is 119 cm³/mol. The van der Waals surface area contributed by atoms with Gasteiger partial charge in [-0.05, 0) is 56.4 Å². The van der Waals surface area contributed by atoms with E-state index < -0.39 is 0 Å². The molecular formula is C25H31N3O2. The summed E-state index contributed by atoms with van der Waals surface area (Å²) in [4.78, 5) is 19.1. The minimum absolute atomic E-state index is 0.290. The van der Waals surface area contributed by atoms with Crippen molar-refractivity contribution in [3.63, 3.8) is 0 Å². The summed E-state index contributed by atoms with van der Waals surface area (Å²) in [5.41, 5.74) is 5.61. The molecule has 3 aromatic rings. The van der Waals surface area contributed by atoms with E-state index >= 15 is 0 Å². The first-order valence-electron chi connectivity index (χ1n) is 11.0. The fourth-order valence-electron chi connectivity index (χ4n) is 4.48. The van der Waals surface area contributed by atoms with Crippen molar-refractivity contribution in [2.24, 2.45) is 0 Å². The number of nitrogens with zero attached hydrogens (tertiary/aromatic N) is 3. The number of ether oxygens (including phenoxy) is 1. The summed E-state index contributed by atoms with van der Waals surface area (Å²) in [6, 6.07) is 12.3. The Kier molecular flexibility index (Phi) is 6.07. The smallest absolute Gasteiger partial charge is 0.222 e. The number of pyridine rings is 1. The Morgan fingerprint density at radius 2 is 1.90 bits per heavy atom. The highest BCUT2D eigenvalue weighted by Crippen LogP contribution is 2.33. The zero-order valence-electron chi connectivity index (χ0n) is 18.2. The number of rotatable bonds is 6. The van der Waals surface area contributed by atoms with Gasteiger partial charge >= 0.3 is 0 Å². The van der Waals surface area contributed by atoms with Gasteiger partial charge in [0, 0.05) is 37.3 Å². The third kappa shape index (κ3) is 4.07. The molecule has 0 N–H and O–H groups in total. The summed E-state index contributed by atoms with van der Waals surface area (Å²) in [5.74, 6) is 1.51. The molecule has 5 heteroatoms. The van der Waals surface area contributed by atoms with Gasteiger partial charge in [0.05, 0.1) is 5.69 Å². The fraction of sp³-hybridized carbons (Fsp3) is 0.440. The van der Waals surface area contributed by atoms with Gasteiger partial charge in [-0.2, -0.15) is 0 Å². The summed E-state index contributed by atoms with van der Waals surface area (Å²) in [7, 11) is 0. The summed E-state index contributed by atoms with van der Waals surface area (Å²) < 4.78 is 8.37. The molecule has 0 spiro atoms. The molecule has 0 atom stereocenters. The van der Waals surface area contributed by atoms with Gasteiger partial charge in [-0.3, -0.25) is 4.79 Å². The van der Waals surface area contributed by atoms with Crippen LogP contribution >= 0.6 is 0 Å². The molecule has 5 nitrogen and oxygen atoms in total. The number of carbonyl (C=O) groups is 1. The normalized spacial score (nSPS) is 15.0. The highest BCUT2D eigenvalue weighted by molar-refractivity contribution is 5.76. The van der Waals surface area contributed by atoms with Crippen LogP contribution in [0.25, 0.3) is 5.65 Å². The van der Waals surface area contributed by atoms with Crippen molar-refractivity contribution in [2.75, 3.05) is 13.1 Å². The van der Waals surface area contributed by atoms with Gasteiger partial charge in [0.25, 0.3) is 0 Å². The Hall–Kier alpha value is -2.82. The first kappa shape index (κ1) is 20.5. The molecule has 1 saturated heterocycles. The summed E-state index contributed by atoms with van der Waals surface area (Å²) in [6.45, 7) is 8.45. The average molecular weight is 406 g/mol. The van der Waals surface area contributed by atoms with Crippen molar-refractivity contribution in [2.45, 2.75) is 59.0 Å². The Morgan fingerprint density at radius 3 is 2.63 bits per heavy atom. The van der Waals surface area contributed by atoms with Crippen LogP contribution in [0.2, 0.25) is 0 Å². The van der Waals surface area contributed by atoms with E-state index in [4.69, 9.17) is 9.72 Å². The van der Waals surface area contributed by atoms with Gasteiger partial charge < -0.3 is 14.0 Å². The molecule has 0 unspecified atom stereocenters. The molecule has 3 heterocycles. The first-order valence-corrected chi connectivity index (χ1v) is 11.0. The Balaban J connectivity index is 1.53. The highest BCUT2D eigenvalue weighted by atomic mass is 16.5. The topological polar surface area (TPSA) is 46.8 Å². The molecule has 1 amide bonds. The zero-order chi connectivity index (χ0) is 21.1. The number of hydrogen-bond acceptors (Lipinski definition) is 3. The van der Waals surface area contributed by atoms with Crippen molar-refractivity contribution in [3.05, 3.63) is 65.1 Å². The van der Waals surface area contributed by atoms with Crippen LogP contribution in [0.4, 0.5) is 0 Å². The number of hydrogen-bond donors (Lipinski definition) is 0. The van der Waals surface area contributed by atoms with Crippen LogP contribution in [0, 0.1) is 13.8 Å². The number of aromatic nitrogens is 2. The van der Waals surface area contributed by atoms with E-state index in [9.17, 15) is 4.79 Å². The number of aryl methyl sites for hydroxylation is 2. The first-order chi connectivity index (χ1) is 14.6. The maximum absolute atomic E-state index is 12.2. The van der Waals surface area contributed by atoms with Crippen LogP contribution in [0.1, 0.15) is 61.0 Å². The third-order valence-electron chi connectivity index (χ3n) is 6.18. The molecule has 0 radical (unpaired) electrons. The molecule has 0 bridgehead atoms. The molecule has 1 aliphatic heterocycles. The van der Waals surface area contributed by atoms with Gasteiger partial charge in [0.1, 0.15) is 6.61 Å². The molecule has 4 rings (SSSR count). The van der Waals surface area contributed by atoms with Gasteiger partial charge in [0.15, 0.2) is 11.4 Å². The van der Waals surface area contributed by atoms with Crippen LogP contribution in [0.15, 0.2) is 42.6 Å². The minimum atomic E-state index is 0.290. The Labute approximate surface area is 178 Å². The lowest BCUT2D eigenvalue weighted by atomic mass is 9.92. The lowest BCUT2D eigenvalue weighted by molar-refractivity contribution is -0.132. The maximum atomic E-state index is 12.2. The Bertz CT molecular complexity index is 1030. The Morgan fingerprint density at radius 1 is 1.13 bits per heavy atom. The van der Waals surface area contributed by atoms with Crippen LogP contribution in [-0.2, 0) is 11.4 Å². The predicted octanol–water partition coefficient (Wildman–Crippen LogP) is 5.04. The standard InChI is InChI=1S/C25H31N3O2/c1-4-8-23(29)27-15-12-20(13-16-27)24-19(3)26-25-22(11-7-14-28(24)25)30-17-21-10-6-5-9-18(21)2/h5-7,9-11,14,20H,4,8,12-13,15-17H2,1-3H3. The number of imidazole rings is 1. The molecule has 1 aromatic carbocycles. The highest BCUT2D eigenvalue weighted by Gasteiger charge is 2.27. The second kappa shape index (κ2) is 8.90. The second-order valence-corrected chi connectivity index (χ2v) is 8.27. The fourth-order valence-corrected chi connectivity index (χ4v) is 4.48. The number of carbonyl (C=O) groups excluding carboxylic acids is 1. The van der Waals surface area contributed by atoms with Crippen molar-refractivity contribution < 1.29 is 9.53 Å². The summed E-state index contributed by atoms with van der Waals surface area (Å²) in [6.07, 6.45) is 5.62. The van der Waals surface area contributed by atoms with Gasteiger partial charge in [0.2, 0.25) is 5.91 Å². The monoisotopic (exact) mass is 405 g/mol. The maximum Gasteiger partial charge on any atom is 0.222 e. The lowest BCUT2D eigenvalue weighted by Crippen LogP contribution is -2.38. The molecule has 2 aromatic heterocycles. The van der Waals surface area contributed by atoms with E-state index in [0.29, 0.717) is 18.9 Å². The van der Waals surface area contributed by atoms with E-state index in [0.717, 1.165) is 49.4 Å². The van der Waals surface area contributed by atoms with Gasteiger partial charge in [-0.15, -0.1) is 0 Å². The largest absolute Gasteiger partial charge is 0.485 e. The van der Waals surface area contributed by atoms with Crippen LogP contribution in [0.3, 0.4) is 0 Å². The van der Waals surface area contributed by atoms with E-state index in [1.165, 1.54) is 16.8 Å². The summed E-state index contributed by atoms with van der Waals surface area (Å²) >= 11 is 0. The molecule has 158 valence electrons. The zero-order valence-corrected chi connectivity index (χ0v) is 18.2. The van der Waals surface area contributed by atoms with Crippen LogP contribution in [0.5, 0.6) is 5.75 Å². The second-order valence-electron chi connectivity index (χ2n) is 8.27. The average Bonchev–Trinajstić information content (AvgIpc) is 3.10. The van der Waals surface area contributed by atoms with Gasteiger partial charge in [-0.25, -0.2) is 4.98 Å². The molecule has 0 aliphatic carbocycles. The van der Waals surface area contributed by atoms with E-state index in [-0.39, 0.29) is 5.91 Å². The van der Waals surface area contributed by atoms with Crippen LogP contribution < -0.4 is 4.74 Å². The number of likely N-dealkylation sites (tertiary alicyclic amines) is 1. The molecule has 1 fully saturated rings. The third-order valence-corrected chi connectivity index (χ3v) is 6.18. The van der Waals surface area contributed by atoms with E-state index in [2.05, 4.69) is 43.5 Å². The molecular weight excluding hydrogens is 374 g/mol. The number of piperidine rings is 1. The van der Waals surface area contributed by atoms with E-state index in [1.807, 2.05) is 29.2 Å². The van der Waals surface area contributed by atoms with Crippen molar-refractivity contribution >= 4 is 11.6 Å². The number of amides is 1. The molecule has 0 saturated carbocycles.